The van der Waals surface area contributed by atoms with Crippen LogP contribution in [0, 0.1) is 11.8 Å². The Morgan fingerprint density at radius 1 is 1.03 bits per heavy atom. The molecule has 0 aliphatic heterocycles. The van der Waals surface area contributed by atoms with Gasteiger partial charge in [-0.15, -0.1) is 0 Å². The van der Waals surface area contributed by atoms with Gasteiger partial charge in [-0.25, -0.2) is 4.79 Å². The summed E-state index contributed by atoms with van der Waals surface area (Å²) < 4.78 is 11.6. The SMILES string of the molecule is CC(C)(CC=C(O)[C@@H]1[C@@H](CC(=O)O)[C@@H](O)C[C@H]1OC(=O)c1ccccc1)Oc1ccccc1. The van der Waals surface area contributed by atoms with E-state index in [1.807, 2.05) is 44.2 Å². The Morgan fingerprint density at radius 3 is 2.24 bits per heavy atom. The molecule has 1 fully saturated rings. The van der Waals surface area contributed by atoms with Crippen LogP contribution in [0.15, 0.2) is 72.5 Å². The minimum Gasteiger partial charge on any atom is -0.512 e. The van der Waals surface area contributed by atoms with Gasteiger partial charge in [0.25, 0.3) is 0 Å². The molecule has 0 saturated heterocycles. The van der Waals surface area contributed by atoms with E-state index in [9.17, 15) is 24.9 Å². The lowest BCUT2D eigenvalue weighted by atomic mass is 9.88. The van der Waals surface area contributed by atoms with E-state index >= 15 is 0 Å². The van der Waals surface area contributed by atoms with Gasteiger partial charge in [-0.1, -0.05) is 36.4 Å². The van der Waals surface area contributed by atoms with Gasteiger partial charge in [0, 0.05) is 18.8 Å². The minimum absolute atomic E-state index is 0.0446. The fraction of sp³-hybridized carbons (Fsp3) is 0.385. The van der Waals surface area contributed by atoms with Crippen LogP contribution in [0.25, 0.3) is 0 Å². The fourth-order valence-electron chi connectivity index (χ4n) is 4.19. The van der Waals surface area contributed by atoms with Crippen LogP contribution in [-0.4, -0.2) is 45.1 Å². The van der Waals surface area contributed by atoms with Crippen molar-refractivity contribution in [1.82, 2.24) is 0 Å². The van der Waals surface area contributed by atoms with Crippen molar-refractivity contribution in [3.63, 3.8) is 0 Å². The molecule has 3 rings (SSSR count). The summed E-state index contributed by atoms with van der Waals surface area (Å²) in [7, 11) is 0. The van der Waals surface area contributed by atoms with Crippen LogP contribution >= 0.6 is 0 Å². The Labute approximate surface area is 193 Å². The molecule has 1 aliphatic carbocycles. The highest BCUT2D eigenvalue weighted by Crippen LogP contribution is 2.41. The van der Waals surface area contributed by atoms with Crippen LogP contribution in [0.2, 0.25) is 0 Å². The molecular weight excluding hydrogens is 424 g/mol. The number of aliphatic hydroxyl groups excluding tert-OH is 2. The summed E-state index contributed by atoms with van der Waals surface area (Å²) >= 11 is 0. The maximum atomic E-state index is 12.6. The molecule has 0 amide bonds. The summed E-state index contributed by atoms with van der Waals surface area (Å²) in [6.07, 6.45) is -0.311. The maximum Gasteiger partial charge on any atom is 0.338 e. The van der Waals surface area contributed by atoms with Gasteiger partial charge in [-0.05, 0) is 44.2 Å². The lowest BCUT2D eigenvalue weighted by Gasteiger charge is -2.27. The van der Waals surface area contributed by atoms with Gasteiger partial charge in [-0.2, -0.15) is 0 Å². The number of carboxylic acid groups (broad SMARTS) is 1. The second-order valence-electron chi connectivity index (χ2n) is 8.91. The Morgan fingerprint density at radius 2 is 1.64 bits per heavy atom. The molecule has 3 N–H and O–H groups in total. The molecule has 1 saturated carbocycles. The summed E-state index contributed by atoms with van der Waals surface area (Å²) in [5.74, 6) is -2.74. The average Bonchev–Trinajstić information content (AvgIpc) is 3.07. The van der Waals surface area contributed by atoms with E-state index in [0.717, 1.165) is 0 Å². The molecule has 7 heteroatoms. The van der Waals surface area contributed by atoms with Gasteiger partial charge in [0.05, 0.1) is 29.8 Å². The van der Waals surface area contributed by atoms with Crippen molar-refractivity contribution in [2.75, 3.05) is 0 Å². The van der Waals surface area contributed by atoms with Gasteiger partial charge in [0.1, 0.15) is 17.5 Å². The zero-order valence-corrected chi connectivity index (χ0v) is 18.8. The molecule has 2 aromatic carbocycles. The van der Waals surface area contributed by atoms with Gasteiger partial charge >= 0.3 is 11.9 Å². The predicted molar refractivity (Wildman–Crippen MR) is 122 cm³/mol. The molecular formula is C26H30O7. The maximum absolute atomic E-state index is 12.6. The largest absolute Gasteiger partial charge is 0.512 e. The van der Waals surface area contributed by atoms with Crippen molar-refractivity contribution in [3.8, 4) is 5.75 Å². The molecule has 2 aromatic rings. The van der Waals surface area contributed by atoms with Gasteiger partial charge in [-0.3, -0.25) is 4.79 Å². The predicted octanol–water partition coefficient (Wildman–Crippen LogP) is 4.37. The molecule has 0 unspecified atom stereocenters. The third kappa shape index (κ3) is 6.58. The highest BCUT2D eigenvalue weighted by molar-refractivity contribution is 5.89. The molecule has 0 radical (unpaired) electrons. The molecule has 0 bridgehead atoms. The Kier molecular flexibility index (Phi) is 7.76. The Bertz CT molecular complexity index is 969. The zero-order valence-electron chi connectivity index (χ0n) is 18.8. The fourth-order valence-corrected chi connectivity index (χ4v) is 4.19. The lowest BCUT2D eigenvalue weighted by molar-refractivity contribution is -0.139. The van der Waals surface area contributed by atoms with E-state index in [4.69, 9.17) is 9.47 Å². The third-order valence-corrected chi connectivity index (χ3v) is 5.79. The van der Waals surface area contributed by atoms with E-state index in [1.54, 1.807) is 36.4 Å². The van der Waals surface area contributed by atoms with Crippen LogP contribution in [0.4, 0.5) is 0 Å². The zero-order chi connectivity index (χ0) is 24.0. The number of carbonyl (C=O) groups is 2. The molecule has 4 atom stereocenters. The van der Waals surface area contributed by atoms with E-state index in [-0.39, 0.29) is 18.6 Å². The summed E-state index contributed by atoms with van der Waals surface area (Å²) in [5.41, 5.74) is -0.321. The number of aliphatic hydroxyl groups is 2. The second kappa shape index (κ2) is 10.5. The van der Waals surface area contributed by atoms with Crippen LogP contribution in [-0.2, 0) is 9.53 Å². The van der Waals surface area contributed by atoms with Crippen LogP contribution in [0.1, 0.15) is 43.5 Å². The van der Waals surface area contributed by atoms with Gasteiger partial charge in [0.2, 0.25) is 0 Å². The quantitative estimate of drug-likeness (QED) is 0.381. The monoisotopic (exact) mass is 454 g/mol. The molecule has 0 aromatic heterocycles. The third-order valence-electron chi connectivity index (χ3n) is 5.79. The van der Waals surface area contributed by atoms with E-state index in [2.05, 4.69) is 0 Å². The molecule has 0 spiro atoms. The highest BCUT2D eigenvalue weighted by Gasteiger charge is 2.47. The second-order valence-corrected chi connectivity index (χ2v) is 8.91. The minimum atomic E-state index is -1.10. The number of aliphatic carboxylic acids is 1. The Balaban J connectivity index is 1.78. The standard InChI is InChI=1S/C26H30O7/c1-26(2,33-18-11-7-4-8-12-18)14-13-20(27)24-19(15-23(29)30)21(28)16-22(24)32-25(31)17-9-5-3-6-10-17/h3-13,19,21-22,24,27-28H,14-16H2,1-2H3,(H,29,30)/t19-,21-,22+,24-/m0/s1. The molecule has 7 nitrogen and oxygen atoms in total. The van der Waals surface area contributed by atoms with E-state index in [0.29, 0.717) is 17.7 Å². The normalized spacial score (nSPS) is 23.2. The average molecular weight is 455 g/mol. The number of rotatable bonds is 9. The number of para-hydroxylation sites is 1. The number of esters is 1. The number of hydrogen-bond acceptors (Lipinski definition) is 6. The highest BCUT2D eigenvalue weighted by atomic mass is 16.5. The summed E-state index contributed by atoms with van der Waals surface area (Å²) in [4.78, 5) is 24.0. The molecule has 176 valence electrons. The molecule has 1 aliphatic rings. The van der Waals surface area contributed by atoms with Gasteiger partial charge in [0.15, 0.2) is 0 Å². The van der Waals surface area contributed by atoms with Crippen LogP contribution in [0.3, 0.4) is 0 Å². The summed E-state index contributed by atoms with van der Waals surface area (Å²) in [6, 6.07) is 17.7. The first-order valence-corrected chi connectivity index (χ1v) is 11.0. The van der Waals surface area contributed by atoms with Crippen molar-refractivity contribution in [2.24, 2.45) is 11.8 Å². The van der Waals surface area contributed by atoms with Crippen molar-refractivity contribution in [1.29, 1.82) is 0 Å². The van der Waals surface area contributed by atoms with Gasteiger partial charge < -0.3 is 24.8 Å². The van der Waals surface area contributed by atoms with Crippen molar-refractivity contribution >= 4 is 11.9 Å². The lowest BCUT2D eigenvalue weighted by Crippen LogP contribution is -2.31. The topological polar surface area (TPSA) is 113 Å². The number of ether oxygens (including phenoxy) is 2. The number of carboxylic acids is 1. The first-order valence-electron chi connectivity index (χ1n) is 11.0. The number of benzene rings is 2. The summed E-state index contributed by atoms with van der Waals surface area (Å²) in [5, 5.41) is 30.8. The Hall–Kier alpha value is -3.32. The first-order chi connectivity index (χ1) is 15.7. The smallest absolute Gasteiger partial charge is 0.338 e. The van der Waals surface area contributed by atoms with Crippen LogP contribution in [0.5, 0.6) is 5.75 Å². The van der Waals surface area contributed by atoms with E-state index < -0.39 is 41.6 Å². The van der Waals surface area contributed by atoms with Crippen LogP contribution < -0.4 is 4.74 Å². The number of carbonyl (C=O) groups excluding carboxylic acids is 1. The number of hydrogen-bond donors (Lipinski definition) is 3. The van der Waals surface area contributed by atoms with Crippen molar-refractivity contribution in [2.45, 2.75) is 50.9 Å². The van der Waals surface area contributed by atoms with E-state index in [1.165, 1.54) is 0 Å². The summed E-state index contributed by atoms with van der Waals surface area (Å²) in [6.45, 7) is 3.74. The first kappa shape index (κ1) is 24.3. The molecule has 0 heterocycles. The molecule has 33 heavy (non-hydrogen) atoms. The van der Waals surface area contributed by atoms with Crippen molar-refractivity contribution < 1.29 is 34.4 Å². The van der Waals surface area contributed by atoms with Crippen molar-refractivity contribution in [3.05, 3.63) is 78.1 Å².